The van der Waals surface area contributed by atoms with E-state index in [9.17, 15) is 0 Å². The van der Waals surface area contributed by atoms with Gasteiger partial charge in [0.25, 0.3) is 0 Å². The fourth-order valence-corrected chi connectivity index (χ4v) is 4.27. The summed E-state index contributed by atoms with van der Waals surface area (Å²) in [6, 6.07) is 4.07. The van der Waals surface area contributed by atoms with Crippen molar-refractivity contribution in [3.05, 3.63) is 30.1 Å². The zero-order valence-electron chi connectivity index (χ0n) is 14.0. The van der Waals surface area contributed by atoms with Gasteiger partial charge in [0.05, 0.1) is 19.3 Å². The standard InChI is InChI=1S/C19H28N2O2/c1-7-19(15-22-13-17-4-8-20-9-5-17)14-21(12-16-2-3-16)10-6-18(19)23-11-1/h4-5,8-9,16,18H,1-3,6-7,10-15H2. The third-order valence-electron chi connectivity index (χ3n) is 5.69. The lowest BCUT2D eigenvalue weighted by atomic mass is 9.73. The molecule has 1 aromatic heterocycles. The molecule has 0 N–H and O–H groups in total. The van der Waals surface area contributed by atoms with Crippen LogP contribution in [-0.2, 0) is 16.1 Å². The summed E-state index contributed by atoms with van der Waals surface area (Å²) < 4.78 is 12.3. The number of pyridine rings is 1. The highest BCUT2D eigenvalue weighted by Crippen LogP contribution is 2.42. The van der Waals surface area contributed by atoms with Crippen LogP contribution in [0.1, 0.15) is 37.7 Å². The van der Waals surface area contributed by atoms with Crippen molar-refractivity contribution in [2.75, 3.05) is 32.8 Å². The summed E-state index contributed by atoms with van der Waals surface area (Å²) in [5.41, 5.74) is 1.41. The summed E-state index contributed by atoms with van der Waals surface area (Å²) in [5.74, 6) is 0.964. The highest BCUT2D eigenvalue weighted by molar-refractivity contribution is 5.08. The molecule has 126 valence electrons. The molecule has 3 aliphatic rings. The van der Waals surface area contributed by atoms with Gasteiger partial charge in [-0.3, -0.25) is 4.98 Å². The van der Waals surface area contributed by atoms with Gasteiger partial charge in [-0.1, -0.05) is 0 Å². The van der Waals surface area contributed by atoms with Crippen molar-refractivity contribution >= 4 is 0 Å². The van der Waals surface area contributed by atoms with Crippen LogP contribution in [0.15, 0.2) is 24.5 Å². The van der Waals surface area contributed by atoms with Gasteiger partial charge in [0, 0.05) is 44.0 Å². The van der Waals surface area contributed by atoms with Crippen LogP contribution in [0.4, 0.5) is 0 Å². The fraction of sp³-hybridized carbons (Fsp3) is 0.737. The van der Waals surface area contributed by atoms with Crippen molar-refractivity contribution in [3.8, 4) is 0 Å². The topological polar surface area (TPSA) is 34.6 Å². The van der Waals surface area contributed by atoms with Crippen LogP contribution in [0.2, 0.25) is 0 Å². The quantitative estimate of drug-likeness (QED) is 0.808. The van der Waals surface area contributed by atoms with E-state index in [2.05, 4.69) is 9.88 Å². The van der Waals surface area contributed by atoms with Crippen LogP contribution in [0.3, 0.4) is 0 Å². The predicted octanol–water partition coefficient (Wildman–Crippen LogP) is 2.88. The molecule has 23 heavy (non-hydrogen) atoms. The molecule has 0 aromatic carbocycles. The largest absolute Gasteiger partial charge is 0.377 e. The Hall–Kier alpha value is -0.970. The lowest BCUT2D eigenvalue weighted by molar-refractivity contribution is -0.155. The number of rotatable bonds is 6. The summed E-state index contributed by atoms with van der Waals surface area (Å²) in [6.45, 7) is 6.08. The van der Waals surface area contributed by atoms with Crippen LogP contribution in [0.5, 0.6) is 0 Å². The molecule has 0 amide bonds. The monoisotopic (exact) mass is 316 g/mol. The Bertz CT molecular complexity index is 505. The molecule has 0 bridgehead atoms. The predicted molar refractivity (Wildman–Crippen MR) is 89.1 cm³/mol. The zero-order valence-corrected chi connectivity index (χ0v) is 14.0. The second-order valence-corrected chi connectivity index (χ2v) is 7.64. The number of hydrogen-bond acceptors (Lipinski definition) is 4. The number of likely N-dealkylation sites (tertiary alicyclic amines) is 1. The molecule has 4 heteroatoms. The molecule has 1 aromatic rings. The van der Waals surface area contributed by atoms with Gasteiger partial charge in [-0.15, -0.1) is 0 Å². The molecule has 4 nitrogen and oxygen atoms in total. The molecule has 1 saturated carbocycles. The van der Waals surface area contributed by atoms with Gasteiger partial charge >= 0.3 is 0 Å². The molecule has 4 rings (SSSR count). The molecule has 2 atom stereocenters. The molecule has 3 heterocycles. The van der Waals surface area contributed by atoms with Gasteiger partial charge in [0.1, 0.15) is 0 Å². The summed E-state index contributed by atoms with van der Waals surface area (Å²) in [5, 5.41) is 0. The van der Waals surface area contributed by atoms with E-state index in [4.69, 9.17) is 9.47 Å². The minimum absolute atomic E-state index is 0.207. The average molecular weight is 316 g/mol. The average Bonchev–Trinajstić information content (AvgIpc) is 3.39. The molecular formula is C19H28N2O2. The maximum atomic E-state index is 6.15. The second kappa shape index (κ2) is 6.88. The first kappa shape index (κ1) is 15.6. The van der Waals surface area contributed by atoms with Crippen LogP contribution < -0.4 is 0 Å². The van der Waals surface area contributed by atoms with E-state index in [-0.39, 0.29) is 5.41 Å². The Kier molecular flexibility index (Phi) is 4.65. The van der Waals surface area contributed by atoms with E-state index >= 15 is 0 Å². The van der Waals surface area contributed by atoms with E-state index in [1.165, 1.54) is 50.8 Å². The number of piperidine rings is 1. The van der Waals surface area contributed by atoms with Crippen molar-refractivity contribution in [2.45, 2.75) is 44.8 Å². The van der Waals surface area contributed by atoms with Gasteiger partial charge in [-0.2, -0.15) is 0 Å². The van der Waals surface area contributed by atoms with Gasteiger partial charge in [-0.25, -0.2) is 0 Å². The summed E-state index contributed by atoms with van der Waals surface area (Å²) in [4.78, 5) is 6.75. The third kappa shape index (κ3) is 3.76. The van der Waals surface area contributed by atoms with E-state index in [1.807, 2.05) is 24.5 Å². The van der Waals surface area contributed by atoms with E-state index in [1.54, 1.807) is 0 Å². The first-order valence-electron chi connectivity index (χ1n) is 9.15. The molecule has 2 saturated heterocycles. The molecule has 2 unspecified atom stereocenters. The van der Waals surface area contributed by atoms with Crippen LogP contribution >= 0.6 is 0 Å². The number of aromatic nitrogens is 1. The highest BCUT2D eigenvalue weighted by Gasteiger charge is 2.46. The van der Waals surface area contributed by atoms with E-state index < -0.39 is 0 Å². The summed E-state index contributed by atoms with van der Waals surface area (Å²) in [7, 11) is 0. The number of nitrogens with zero attached hydrogens (tertiary/aromatic N) is 2. The molecule has 0 spiro atoms. The first-order valence-corrected chi connectivity index (χ1v) is 9.15. The maximum Gasteiger partial charge on any atom is 0.0718 e. The van der Waals surface area contributed by atoms with Crippen molar-refractivity contribution in [2.24, 2.45) is 11.3 Å². The Labute approximate surface area is 139 Å². The molecule has 2 aliphatic heterocycles. The highest BCUT2D eigenvalue weighted by atomic mass is 16.5. The number of ether oxygens (including phenoxy) is 2. The lowest BCUT2D eigenvalue weighted by Gasteiger charge is -2.50. The SMILES string of the molecule is c1cc(COCC23CCCOC2CCN(CC2CC2)C3)ccn1. The zero-order chi connectivity index (χ0) is 15.5. The van der Waals surface area contributed by atoms with Crippen molar-refractivity contribution < 1.29 is 9.47 Å². The Morgan fingerprint density at radius 2 is 2.13 bits per heavy atom. The van der Waals surface area contributed by atoms with Gasteiger partial charge in [0.2, 0.25) is 0 Å². The minimum Gasteiger partial charge on any atom is -0.377 e. The second-order valence-electron chi connectivity index (χ2n) is 7.64. The Morgan fingerprint density at radius 3 is 2.96 bits per heavy atom. The Morgan fingerprint density at radius 1 is 1.26 bits per heavy atom. The van der Waals surface area contributed by atoms with E-state index in [0.29, 0.717) is 12.7 Å². The minimum atomic E-state index is 0.207. The smallest absolute Gasteiger partial charge is 0.0718 e. The summed E-state index contributed by atoms with van der Waals surface area (Å²) in [6.07, 6.45) is 10.5. The van der Waals surface area contributed by atoms with E-state index in [0.717, 1.165) is 25.7 Å². The van der Waals surface area contributed by atoms with Gasteiger partial charge < -0.3 is 14.4 Å². The maximum absolute atomic E-state index is 6.15. The van der Waals surface area contributed by atoms with Crippen LogP contribution in [0, 0.1) is 11.3 Å². The Balaban J connectivity index is 1.38. The molecular weight excluding hydrogens is 288 g/mol. The molecule has 0 radical (unpaired) electrons. The van der Waals surface area contributed by atoms with Crippen LogP contribution in [-0.4, -0.2) is 48.8 Å². The first-order chi connectivity index (χ1) is 11.3. The van der Waals surface area contributed by atoms with Crippen molar-refractivity contribution in [1.82, 2.24) is 9.88 Å². The lowest BCUT2D eigenvalue weighted by Crippen LogP contribution is -2.57. The normalized spacial score (nSPS) is 31.7. The molecule has 1 aliphatic carbocycles. The van der Waals surface area contributed by atoms with Gasteiger partial charge in [-0.05, 0) is 55.7 Å². The van der Waals surface area contributed by atoms with Gasteiger partial charge in [0.15, 0.2) is 0 Å². The van der Waals surface area contributed by atoms with Crippen molar-refractivity contribution in [1.29, 1.82) is 0 Å². The number of fused-ring (bicyclic) bond motifs is 1. The third-order valence-corrected chi connectivity index (χ3v) is 5.69. The number of hydrogen-bond donors (Lipinski definition) is 0. The van der Waals surface area contributed by atoms with Crippen LogP contribution in [0.25, 0.3) is 0 Å². The fourth-order valence-electron chi connectivity index (χ4n) is 4.27. The molecule has 3 fully saturated rings. The summed E-state index contributed by atoms with van der Waals surface area (Å²) >= 11 is 0. The van der Waals surface area contributed by atoms with Crippen molar-refractivity contribution in [3.63, 3.8) is 0 Å².